The second kappa shape index (κ2) is 6.87. The fourth-order valence-electron chi connectivity index (χ4n) is 1.91. The Labute approximate surface area is 119 Å². The van der Waals surface area contributed by atoms with Crippen molar-refractivity contribution in [2.75, 3.05) is 13.2 Å². The summed E-state index contributed by atoms with van der Waals surface area (Å²) in [5.41, 5.74) is 0.954. The van der Waals surface area contributed by atoms with Crippen LogP contribution in [-0.4, -0.2) is 29.1 Å². The first-order valence-corrected chi connectivity index (χ1v) is 6.87. The maximum absolute atomic E-state index is 12.1. The molecule has 0 fully saturated rings. The molecular weight excluding hydrogens is 264 g/mol. The first-order valence-electron chi connectivity index (χ1n) is 6.49. The van der Waals surface area contributed by atoms with Crippen molar-refractivity contribution >= 4 is 17.5 Å². The van der Waals surface area contributed by atoms with Gasteiger partial charge in [-0.25, -0.2) is 4.98 Å². The predicted octanol–water partition coefficient (Wildman–Crippen LogP) is 2.57. The lowest BCUT2D eigenvalue weighted by Crippen LogP contribution is -2.39. The molecule has 0 radical (unpaired) electrons. The van der Waals surface area contributed by atoms with Crippen LogP contribution >= 0.6 is 11.6 Å². The molecule has 0 saturated carbocycles. The number of aliphatic hydroxyl groups excluding tert-OH is 1. The highest BCUT2D eigenvalue weighted by Crippen LogP contribution is 2.24. The number of rotatable bonds is 6. The van der Waals surface area contributed by atoms with Crippen molar-refractivity contribution in [3.8, 4) is 0 Å². The summed E-state index contributed by atoms with van der Waals surface area (Å²) in [6.45, 7) is 6.34. The molecule has 0 aromatic carbocycles. The summed E-state index contributed by atoms with van der Waals surface area (Å²) in [5, 5.41) is 12.6. The molecule has 106 valence electrons. The third kappa shape index (κ3) is 4.18. The fourth-order valence-corrected chi connectivity index (χ4v) is 2.16. The number of carbonyl (C=O) groups is 1. The number of aliphatic hydroxyl groups is 1. The lowest BCUT2D eigenvalue weighted by atomic mass is 9.83. The molecule has 0 spiro atoms. The Morgan fingerprint density at radius 2 is 2.05 bits per heavy atom. The third-order valence-electron chi connectivity index (χ3n) is 3.64. The van der Waals surface area contributed by atoms with Gasteiger partial charge < -0.3 is 10.4 Å². The zero-order valence-corrected chi connectivity index (χ0v) is 12.4. The molecule has 0 atom stereocenters. The van der Waals surface area contributed by atoms with Crippen LogP contribution in [0.1, 0.15) is 42.7 Å². The first-order chi connectivity index (χ1) is 8.96. The first kappa shape index (κ1) is 15.9. The molecule has 0 unspecified atom stereocenters. The van der Waals surface area contributed by atoms with E-state index in [1.807, 2.05) is 13.8 Å². The summed E-state index contributed by atoms with van der Waals surface area (Å²) in [5.74, 6) is -0.188. The van der Waals surface area contributed by atoms with Crippen molar-refractivity contribution in [3.05, 3.63) is 28.5 Å². The van der Waals surface area contributed by atoms with Crippen LogP contribution in [-0.2, 0) is 0 Å². The van der Waals surface area contributed by atoms with E-state index >= 15 is 0 Å². The van der Waals surface area contributed by atoms with E-state index in [1.165, 1.54) is 0 Å². The summed E-state index contributed by atoms with van der Waals surface area (Å²) in [6, 6.07) is 3.24. The van der Waals surface area contributed by atoms with Gasteiger partial charge in [-0.2, -0.15) is 0 Å². The van der Waals surface area contributed by atoms with Gasteiger partial charge in [-0.15, -0.1) is 0 Å². The quantitative estimate of drug-likeness (QED) is 0.789. The van der Waals surface area contributed by atoms with E-state index in [-0.39, 0.29) is 17.9 Å². The molecule has 0 aliphatic heterocycles. The lowest BCUT2D eigenvalue weighted by Gasteiger charge is -2.29. The van der Waals surface area contributed by atoms with Gasteiger partial charge in [-0.1, -0.05) is 25.4 Å². The van der Waals surface area contributed by atoms with Crippen LogP contribution in [0, 0.1) is 12.3 Å². The molecule has 0 saturated heterocycles. The molecular formula is C14H21ClN2O2. The largest absolute Gasteiger partial charge is 0.396 e. The van der Waals surface area contributed by atoms with Crippen LogP contribution in [0.3, 0.4) is 0 Å². The van der Waals surface area contributed by atoms with E-state index in [2.05, 4.69) is 10.3 Å². The summed E-state index contributed by atoms with van der Waals surface area (Å²) in [7, 11) is 0. The summed E-state index contributed by atoms with van der Waals surface area (Å²) < 4.78 is 0. The highest BCUT2D eigenvalue weighted by atomic mass is 35.5. The van der Waals surface area contributed by atoms with Crippen LogP contribution in [0.4, 0.5) is 0 Å². The van der Waals surface area contributed by atoms with Gasteiger partial charge >= 0.3 is 0 Å². The van der Waals surface area contributed by atoms with Gasteiger partial charge in [0.2, 0.25) is 0 Å². The molecule has 1 heterocycles. The van der Waals surface area contributed by atoms with Gasteiger partial charge in [-0.3, -0.25) is 4.79 Å². The highest BCUT2D eigenvalue weighted by Gasteiger charge is 2.26. The SMILES string of the molecule is CCC(CC)(CO)CNC(=O)c1cc(C)nc(Cl)c1. The molecule has 0 bridgehead atoms. The predicted molar refractivity (Wildman–Crippen MR) is 76.4 cm³/mol. The molecule has 2 N–H and O–H groups in total. The maximum Gasteiger partial charge on any atom is 0.251 e. The van der Waals surface area contributed by atoms with Gasteiger partial charge in [0.25, 0.3) is 5.91 Å². The number of amides is 1. The minimum absolute atomic E-state index is 0.0659. The molecule has 5 heteroatoms. The van der Waals surface area contributed by atoms with Gasteiger partial charge in [0.1, 0.15) is 5.15 Å². The Hall–Kier alpha value is -1.13. The molecule has 1 amide bonds. The molecule has 0 aliphatic carbocycles. The second-order valence-corrected chi connectivity index (χ2v) is 5.26. The molecule has 1 aromatic rings. The standard InChI is InChI=1S/C14H21ClN2O2/c1-4-14(5-2,9-18)8-16-13(19)11-6-10(3)17-12(15)7-11/h6-7,18H,4-5,8-9H2,1-3H3,(H,16,19). The number of aryl methyl sites for hydroxylation is 1. The Kier molecular flexibility index (Phi) is 5.76. The number of nitrogens with zero attached hydrogens (tertiary/aromatic N) is 1. The monoisotopic (exact) mass is 284 g/mol. The van der Waals surface area contributed by atoms with Crippen molar-refractivity contribution in [2.24, 2.45) is 5.41 Å². The minimum atomic E-state index is -0.248. The minimum Gasteiger partial charge on any atom is -0.396 e. The van der Waals surface area contributed by atoms with Crippen molar-refractivity contribution < 1.29 is 9.90 Å². The van der Waals surface area contributed by atoms with Gasteiger partial charge in [0, 0.05) is 23.2 Å². The van der Waals surface area contributed by atoms with Crippen molar-refractivity contribution in [1.82, 2.24) is 10.3 Å². The van der Waals surface area contributed by atoms with Crippen LogP contribution in [0.2, 0.25) is 5.15 Å². The van der Waals surface area contributed by atoms with Crippen LogP contribution in [0.25, 0.3) is 0 Å². The summed E-state index contributed by atoms with van der Waals surface area (Å²) in [4.78, 5) is 16.1. The van der Waals surface area contributed by atoms with Gasteiger partial charge in [-0.05, 0) is 31.9 Å². The lowest BCUT2D eigenvalue weighted by molar-refractivity contribution is 0.0851. The Morgan fingerprint density at radius 1 is 1.42 bits per heavy atom. The summed E-state index contributed by atoms with van der Waals surface area (Å²) >= 11 is 5.84. The average molecular weight is 285 g/mol. The van der Waals surface area contributed by atoms with Crippen LogP contribution in [0.15, 0.2) is 12.1 Å². The van der Waals surface area contributed by atoms with E-state index in [9.17, 15) is 9.90 Å². The Balaban J connectivity index is 2.74. The van der Waals surface area contributed by atoms with Gasteiger partial charge in [0.05, 0.1) is 6.61 Å². The summed E-state index contributed by atoms with van der Waals surface area (Å²) in [6.07, 6.45) is 1.63. The molecule has 1 rings (SSSR count). The van der Waals surface area contributed by atoms with Gasteiger partial charge in [0.15, 0.2) is 0 Å². The molecule has 1 aromatic heterocycles. The molecule has 19 heavy (non-hydrogen) atoms. The Morgan fingerprint density at radius 3 is 2.53 bits per heavy atom. The topological polar surface area (TPSA) is 62.2 Å². The number of hydrogen-bond donors (Lipinski definition) is 2. The molecule has 0 aliphatic rings. The van der Waals surface area contributed by atoms with E-state index in [0.717, 1.165) is 12.8 Å². The average Bonchev–Trinajstić information content (AvgIpc) is 2.39. The number of halogens is 1. The van der Waals surface area contributed by atoms with E-state index < -0.39 is 0 Å². The number of hydrogen-bond acceptors (Lipinski definition) is 3. The second-order valence-electron chi connectivity index (χ2n) is 4.87. The van der Waals surface area contributed by atoms with E-state index in [1.54, 1.807) is 19.1 Å². The van der Waals surface area contributed by atoms with Crippen molar-refractivity contribution in [1.29, 1.82) is 0 Å². The van der Waals surface area contributed by atoms with Crippen molar-refractivity contribution in [2.45, 2.75) is 33.6 Å². The molecule has 4 nitrogen and oxygen atoms in total. The van der Waals surface area contributed by atoms with Crippen LogP contribution in [0.5, 0.6) is 0 Å². The van der Waals surface area contributed by atoms with E-state index in [0.29, 0.717) is 23.0 Å². The fraction of sp³-hybridized carbons (Fsp3) is 0.571. The zero-order chi connectivity index (χ0) is 14.5. The van der Waals surface area contributed by atoms with E-state index in [4.69, 9.17) is 11.6 Å². The number of carbonyl (C=O) groups excluding carboxylic acids is 1. The number of nitrogens with one attached hydrogen (secondary N) is 1. The van der Waals surface area contributed by atoms with Crippen molar-refractivity contribution in [3.63, 3.8) is 0 Å². The highest BCUT2D eigenvalue weighted by molar-refractivity contribution is 6.29. The Bertz CT molecular complexity index is 417. The number of aromatic nitrogens is 1. The number of pyridine rings is 1. The third-order valence-corrected chi connectivity index (χ3v) is 3.84. The maximum atomic E-state index is 12.1. The normalized spacial score (nSPS) is 11.4. The van der Waals surface area contributed by atoms with Crippen LogP contribution < -0.4 is 5.32 Å². The smallest absolute Gasteiger partial charge is 0.251 e. The zero-order valence-electron chi connectivity index (χ0n) is 11.7.